The minimum atomic E-state index is -0.732. The molecule has 0 radical (unpaired) electrons. The van der Waals surface area contributed by atoms with Crippen molar-refractivity contribution in [3.05, 3.63) is 70.8 Å². The number of hydrogen-bond donors (Lipinski definition) is 2. The summed E-state index contributed by atoms with van der Waals surface area (Å²) in [6.07, 6.45) is 1.50. The summed E-state index contributed by atoms with van der Waals surface area (Å²) >= 11 is 0. The van der Waals surface area contributed by atoms with Gasteiger partial charge in [-0.05, 0) is 42.7 Å². The van der Waals surface area contributed by atoms with E-state index < -0.39 is 18.0 Å². The normalized spacial score (nSPS) is 18.9. The van der Waals surface area contributed by atoms with Crippen LogP contribution in [0.4, 0.5) is 4.79 Å². The SMILES string of the molecule is CCOC(=O)C1=C(CN2CCN(C(=O)c3ccc(C(C)C)cc3)CC2)NC(=O)NC1c1ccco1. The second-order valence-corrected chi connectivity index (χ2v) is 9.00. The van der Waals surface area contributed by atoms with E-state index >= 15 is 0 Å². The fourth-order valence-corrected chi connectivity index (χ4v) is 4.39. The summed E-state index contributed by atoms with van der Waals surface area (Å²) in [7, 11) is 0. The molecule has 4 rings (SSSR count). The molecule has 186 valence electrons. The molecule has 1 fully saturated rings. The number of nitrogens with zero attached hydrogens (tertiary/aromatic N) is 2. The summed E-state index contributed by atoms with van der Waals surface area (Å²) < 4.78 is 10.8. The van der Waals surface area contributed by atoms with Crippen molar-refractivity contribution < 1.29 is 23.5 Å². The highest BCUT2D eigenvalue weighted by Gasteiger charge is 2.36. The van der Waals surface area contributed by atoms with E-state index in [9.17, 15) is 14.4 Å². The highest BCUT2D eigenvalue weighted by molar-refractivity contribution is 5.95. The minimum absolute atomic E-state index is 0.0134. The van der Waals surface area contributed by atoms with Crippen LogP contribution in [0.5, 0.6) is 0 Å². The van der Waals surface area contributed by atoms with Crippen LogP contribution in [0.1, 0.15) is 54.4 Å². The van der Waals surface area contributed by atoms with E-state index in [1.54, 1.807) is 19.1 Å². The maximum absolute atomic E-state index is 13.0. The quantitative estimate of drug-likeness (QED) is 0.591. The van der Waals surface area contributed by atoms with E-state index in [1.165, 1.54) is 11.8 Å². The third-order valence-electron chi connectivity index (χ3n) is 6.34. The number of urea groups is 1. The molecule has 2 aliphatic heterocycles. The third-order valence-corrected chi connectivity index (χ3v) is 6.34. The lowest BCUT2D eigenvalue weighted by molar-refractivity contribution is -0.139. The number of benzene rings is 1. The molecule has 2 N–H and O–H groups in total. The van der Waals surface area contributed by atoms with Gasteiger partial charge in [-0.3, -0.25) is 9.69 Å². The predicted octanol–water partition coefficient (Wildman–Crippen LogP) is 3.03. The zero-order valence-electron chi connectivity index (χ0n) is 20.4. The fourth-order valence-electron chi connectivity index (χ4n) is 4.39. The van der Waals surface area contributed by atoms with Crippen molar-refractivity contribution in [2.24, 2.45) is 0 Å². The molecule has 0 bridgehead atoms. The van der Waals surface area contributed by atoms with Crippen molar-refractivity contribution in [1.82, 2.24) is 20.4 Å². The number of ether oxygens (including phenoxy) is 1. The molecule has 1 unspecified atom stereocenters. The van der Waals surface area contributed by atoms with Gasteiger partial charge >= 0.3 is 12.0 Å². The van der Waals surface area contributed by atoms with Gasteiger partial charge in [-0.2, -0.15) is 0 Å². The van der Waals surface area contributed by atoms with Gasteiger partial charge in [0.15, 0.2) is 0 Å². The molecule has 9 nitrogen and oxygen atoms in total. The lowest BCUT2D eigenvalue weighted by Crippen LogP contribution is -2.52. The number of hydrogen-bond acceptors (Lipinski definition) is 6. The summed E-state index contributed by atoms with van der Waals surface area (Å²) in [6.45, 7) is 8.90. The molecular formula is C26H32N4O5. The maximum atomic E-state index is 13.0. The highest BCUT2D eigenvalue weighted by atomic mass is 16.5. The number of esters is 1. The lowest BCUT2D eigenvalue weighted by Gasteiger charge is -2.36. The average Bonchev–Trinajstić information content (AvgIpc) is 3.39. The van der Waals surface area contributed by atoms with Gasteiger partial charge in [0.25, 0.3) is 5.91 Å². The van der Waals surface area contributed by atoms with Crippen LogP contribution in [0.25, 0.3) is 0 Å². The topological polar surface area (TPSA) is 104 Å². The Morgan fingerprint density at radius 2 is 1.83 bits per heavy atom. The van der Waals surface area contributed by atoms with Gasteiger partial charge < -0.3 is 24.7 Å². The van der Waals surface area contributed by atoms with Gasteiger partial charge in [0.1, 0.15) is 11.8 Å². The summed E-state index contributed by atoms with van der Waals surface area (Å²) in [4.78, 5) is 42.2. The first-order chi connectivity index (χ1) is 16.9. The smallest absolute Gasteiger partial charge is 0.338 e. The molecule has 1 saturated heterocycles. The van der Waals surface area contributed by atoms with E-state index in [0.717, 1.165) is 0 Å². The Bertz CT molecular complexity index is 1080. The molecule has 35 heavy (non-hydrogen) atoms. The van der Waals surface area contributed by atoms with Crippen molar-refractivity contribution in [1.29, 1.82) is 0 Å². The van der Waals surface area contributed by atoms with E-state index in [2.05, 4.69) is 29.4 Å². The van der Waals surface area contributed by atoms with Crippen LogP contribution in [-0.2, 0) is 9.53 Å². The molecule has 0 saturated carbocycles. The predicted molar refractivity (Wildman–Crippen MR) is 130 cm³/mol. The van der Waals surface area contributed by atoms with Gasteiger partial charge in [-0.25, -0.2) is 9.59 Å². The summed E-state index contributed by atoms with van der Waals surface area (Å²) in [5.74, 6) is 0.383. The molecule has 2 aliphatic rings. The van der Waals surface area contributed by atoms with Crippen LogP contribution in [0.3, 0.4) is 0 Å². The van der Waals surface area contributed by atoms with E-state index in [0.29, 0.717) is 61.2 Å². The monoisotopic (exact) mass is 480 g/mol. The second kappa shape index (κ2) is 10.8. The van der Waals surface area contributed by atoms with E-state index in [-0.39, 0.29) is 12.5 Å². The van der Waals surface area contributed by atoms with Crippen LogP contribution >= 0.6 is 0 Å². The standard InChI is InChI=1S/C26H32N4O5/c1-4-34-25(32)22-20(27-26(33)28-23(22)21-6-5-15-35-21)16-29-11-13-30(14-12-29)24(31)19-9-7-18(8-10-19)17(2)3/h5-10,15,17,23H,4,11-14,16H2,1-3H3,(H2,27,28,33). The first kappa shape index (κ1) is 24.5. The Morgan fingerprint density at radius 1 is 1.11 bits per heavy atom. The Labute approximate surface area is 205 Å². The van der Waals surface area contributed by atoms with Crippen molar-refractivity contribution in [3.63, 3.8) is 0 Å². The Morgan fingerprint density at radius 3 is 2.43 bits per heavy atom. The molecule has 1 atom stereocenters. The largest absolute Gasteiger partial charge is 0.467 e. The zero-order valence-corrected chi connectivity index (χ0v) is 20.4. The lowest BCUT2D eigenvalue weighted by atomic mass is 9.99. The highest BCUT2D eigenvalue weighted by Crippen LogP contribution is 2.28. The summed E-state index contributed by atoms with van der Waals surface area (Å²) in [5, 5.41) is 5.54. The number of nitrogens with one attached hydrogen (secondary N) is 2. The molecule has 0 spiro atoms. The number of furan rings is 1. The van der Waals surface area contributed by atoms with Crippen LogP contribution in [0, 0.1) is 0 Å². The number of rotatable bonds is 7. The maximum Gasteiger partial charge on any atom is 0.338 e. The number of piperazine rings is 1. The first-order valence-electron chi connectivity index (χ1n) is 12.0. The number of carbonyl (C=O) groups is 3. The van der Waals surface area contributed by atoms with Crippen LogP contribution in [0.2, 0.25) is 0 Å². The molecule has 1 aromatic carbocycles. The van der Waals surface area contributed by atoms with Gasteiger partial charge in [0, 0.05) is 44.0 Å². The summed E-state index contributed by atoms with van der Waals surface area (Å²) in [6, 6.07) is 10.1. The molecule has 3 amide bonds. The molecule has 1 aromatic heterocycles. The fraction of sp³-hybridized carbons (Fsp3) is 0.423. The van der Waals surface area contributed by atoms with Crippen LogP contribution in [-0.4, -0.2) is 67.0 Å². The first-order valence-corrected chi connectivity index (χ1v) is 12.0. The Balaban J connectivity index is 1.46. The average molecular weight is 481 g/mol. The Hall–Kier alpha value is -3.59. The summed E-state index contributed by atoms with van der Waals surface area (Å²) in [5.41, 5.74) is 2.69. The van der Waals surface area contributed by atoms with Crippen LogP contribution < -0.4 is 10.6 Å². The van der Waals surface area contributed by atoms with Crippen LogP contribution in [0.15, 0.2) is 58.3 Å². The van der Waals surface area contributed by atoms with Gasteiger partial charge in [0.05, 0.1) is 18.4 Å². The van der Waals surface area contributed by atoms with Gasteiger partial charge in [0.2, 0.25) is 0 Å². The van der Waals surface area contributed by atoms with Crippen molar-refractivity contribution in [3.8, 4) is 0 Å². The number of carbonyl (C=O) groups excluding carboxylic acids is 3. The minimum Gasteiger partial charge on any atom is -0.467 e. The molecule has 2 aromatic rings. The number of amides is 3. The molecule has 0 aliphatic carbocycles. The molecular weight excluding hydrogens is 448 g/mol. The third kappa shape index (κ3) is 5.57. The van der Waals surface area contributed by atoms with Crippen molar-refractivity contribution in [2.45, 2.75) is 32.7 Å². The molecule has 3 heterocycles. The van der Waals surface area contributed by atoms with Crippen molar-refractivity contribution in [2.75, 3.05) is 39.3 Å². The van der Waals surface area contributed by atoms with Crippen molar-refractivity contribution >= 4 is 17.9 Å². The second-order valence-electron chi connectivity index (χ2n) is 9.00. The zero-order chi connectivity index (χ0) is 24.9. The molecule has 9 heteroatoms. The van der Waals surface area contributed by atoms with E-state index in [1.807, 2.05) is 29.2 Å². The van der Waals surface area contributed by atoms with E-state index in [4.69, 9.17) is 9.15 Å². The van der Waals surface area contributed by atoms with Gasteiger partial charge in [-0.1, -0.05) is 26.0 Å². The Kier molecular flexibility index (Phi) is 7.55. The van der Waals surface area contributed by atoms with Gasteiger partial charge in [-0.15, -0.1) is 0 Å².